The lowest BCUT2D eigenvalue weighted by atomic mass is 9.85. The van der Waals surface area contributed by atoms with E-state index in [9.17, 15) is 4.79 Å². The molecule has 0 aromatic carbocycles. The summed E-state index contributed by atoms with van der Waals surface area (Å²) in [5.41, 5.74) is 7.23. The van der Waals surface area contributed by atoms with Crippen molar-refractivity contribution in [3.63, 3.8) is 0 Å². The predicted octanol–water partition coefficient (Wildman–Crippen LogP) is 4.09. The van der Waals surface area contributed by atoms with Crippen molar-refractivity contribution >= 4 is 6.09 Å². The lowest BCUT2D eigenvalue weighted by Gasteiger charge is -2.42. The highest BCUT2D eigenvalue weighted by molar-refractivity contribution is 5.68. The average molecular weight is 390 g/mol. The molecule has 5 nitrogen and oxygen atoms in total. The molecule has 0 aromatic heterocycles. The molecule has 5 heteroatoms. The van der Waals surface area contributed by atoms with Crippen LogP contribution in [0.5, 0.6) is 0 Å². The summed E-state index contributed by atoms with van der Waals surface area (Å²) in [5.74, 6) is 0.566. The molecular weight excluding hydrogens is 350 g/mol. The molecular formula is C23H39N3O2. The third-order valence-corrected chi connectivity index (χ3v) is 6.61. The zero-order valence-corrected chi connectivity index (χ0v) is 18.4. The Labute approximate surface area is 171 Å². The van der Waals surface area contributed by atoms with Crippen LogP contribution in [0.3, 0.4) is 0 Å². The van der Waals surface area contributed by atoms with Crippen molar-refractivity contribution in [2.45, 2.75) is 89.4 Å². The zero-order chi connectivity index (χ0) is 20.5. The van der Waals surface area contributed by atoms with E-state index in [1.807, 2.05) is 27.8 Å². The van der Waals surface area contributed by atoms with Crippen LogP contribution >= 0.6 is 0 Å². The number of likely N-dealkylation sites (tertiary alicyclic amines) is 1. The van der Waals surface area contributed by atoms with E-state index in [1.165, 1.54) is 5.57 Å². The molecule has 28 heavy (non-hydrogen) atoms. The van der Waals surface area contributed by atoms with Crippen molar-refractivity contribution in [3.8, 4) is 0 Å². The number of nitrogens with zero attached hydrogens (tertiary/aromatic N) is 2. The maximum Gasteiger partial charge on any atom is 0.410 e. The highest BCUT2D eigenvalue weighted by Crippen LogP contribution is 2.42. The number of allylic oxidation sites excluding steroid dienone is 1. The number of hydrogen-bond acceptors (Lipinski definition) is 4. The summed E-state index contributed by atoms with van der Waals surface area (Å²) < 4.78 is 5.53. The van der Waals surface area contributed by atoms with Gasteiger partial charge in [-0.2, -0.15) is 0 Å². The van der Waals surface area contributed by atoms with Crippen LogP contribution in [0.1, 0.15) is 66.2 Å². The Morgan fingerprint density at radius 1 is 1.36 bits per heavy atom. The van der Waals surface area contributed by atoms with Crippen LogP contribution in [0.2, 0.25) is 0 Å². The summed E-state index contributed by atoms with van der Waals surface area (Å²) in [5, 5.41) is 0. The quantitative estimate of drug-likeness (QED) is 0.769. The van der Waals surface area contributed by atoms with Crippen molar-refractivity contribution < 1.29 is 9.53 Å². The van der Waals surface area contributed by atoms with E-state index < -0.39 is 5.60 Å². The fourth-order valence-electron chi connectivity index (χ4n) is 4.63. The number of piperidine rings is 1. The molecule has 1 saturated carbocycles. The van der Waals surface area contributed by atoms with Crippen LogP contribution in [0.25, 0.3) is 0 Å². The third-order valence-electron chi connectivity index (χ3n) is 6.61. The van der Waals surface area contributed by atoms with E-state index in [-0.39, 0.29) is 17.7 Å². The van der Waals surface area contributed by atoms with E-state index in [4.69, 9.17) is 10.5 Å². The number of rotatable bonds is 5. The van der Waals surface area contributed by atoms with Crippen molar-refractivity contribution in [1.29, 1.82) is 0 Å². The molecule has 1 amide bonds. The fraction of sp³-hybridized carbons (Fsp3) is 0.783. The number of carbonyl (C=O) groups excluding carboxylic acids is 1. The van der Waals surface area contributed by atoms with Gasteiger partial charge in [0.1, 0.15) is 5.60 Å². The van der Waals surface area contributed by atoms with Crippen LogP contribution in [0.4, 0.5) is 4.79 Å². The minimum Gasteiger partial charge on any atom is -0.444 e. The Morgan fingerprint density at radius 3 is 2.46 bits per heavy atom. The van der Waals surface area contributed by atoms with Crippen LogP contribution in [-0.4, -0.2) is 59.3 Å². The van der Waals surface area contributed by atoms with Gasteiger partial charge in [0.05, 0.1) is 0 Å². The molecule has 3 aliphatic rings. The Morgan fingerprint density at radius 2 is 2.00 bits per heavy atom. The summed E-state index contributed by atoms with van der Waals surface area (Å²) in [4.78, 5) is 16.8. The van der Waals surface area contributed by atoms with Gasteiger partial charge in [0.2, 0.25) is 0 Å². The minimum absolute atomic E-state index is 0.0201. The van der Waals surface area contributed by atoms with E-state index >= 15 is 0 Å². The number of carbonyl (C=O) groups is 1. The van der Waals surface area contributed by atoms with Crippen LogP contribution in [0, 0.1) is 5.92 Å². The second-order valence-corrected chi connectivity index (χ2v) is 9.91. The van der Waals surface area contributed by atoms with Crippen molar-refractivity contribution in [1.82, 2.24) is 9.80 Å². The summed E-state index contributed by atoms with van der Waals surface area (Å²) in [6.07, 6.45) is 13.4. The van der Waals surface area contributed by atoms with Gasteiger partial charge < -0.3 is 15.4 Å². The van der Waals surface area contributed by atoms with Crippen molar-refractivity contribution in [3.05, 3.63) is 23.8 Å². The molecule has 2 unspecified atom stereocenters. The normalized spacial score (nSPS) is 26.5. The monoisotopic (exact) mass is 389 g/mol. The number of nitrogens with two attached hydrogens (primary N) is 1. The Hall–Kier alpha value is -1.33. The third kappa shape index (κ3) is 4.98. The molecule has 1 aliphatic heterocycles. The Bertz CT molecular complexity index is 622. The first-order chi connectivity index (χ1) is 13.1. The Balaban J connectivity index is 1.51. The first-order valence-corrected chi connectivity index (χ1v) is 11.0. The maximum atomic E-state index is 12.4. The molecule has 2 aliphatic carbocycles. The van der Waals surface area contributed by atoms with Gasteiger partial charge in [0, 0.05) is 37.8 Å². The molecule has 2 fully saturated rings. The molecule has 158 valence electrons. The predicted molar refractivity (Wildman–Crippen MR) is 114 cm³/mol. The SMILES string of the molecule is CCC(C1C=CC(C2(N)CC2)=CC1)N1CCC(N(C)C(=O)OC(C)(C)C)CC1. The fourth-order valence-corrected chi connectivity index (χ4v) is 4.63. The molecule has 0 radical (unpaired) electrons. The van der Waals surface area contributed by atoms with Crippen LogP contribution < -0.4 is 5.73 Å². The molecule has 1 heterocycles. The molecule has 0 aromatic rings. The molecule has 2 atom stereocenters. The molecule has 0 bridgehead atoms. The van der Waals surface area contributed by atoms with Gasteiger partial charge in [0.25, 0.3) is 0 Å². The van der Waals surface area contributed by atoms with Gasteiger partial charge in [-0.1, -0.05) is 25.2 Å². The Kier molecular flexibility index (Phi) is 6.26. The second kappa shape index (κ2) is 8.19. The zero-order valence-electron chi connectivity index (χ0n) is 18.4. The number of amides is 1. The maximum absolute atomic E-state index is 12.4. The molecule has 3 rings (SSSR count). The standard InChI is InChI=1S/C23H39N3O2/c1-6-20(17-7-9-18(10-8-17)23(24)13-14-23)26-15-11-19(12-16-26)25(5)21(27)28-22(2,3)4/h7,9-10,17,19-20H,6,8,11-16,24H2,1-5H3. The highest BCUT2D eigenvalue weighted by Gasteiger charge is 2.42. The molecule has 0 spiro atoms. The summed E-state index contributed by atoms with van der Waals surface area (Å²) in [6.45, 7) is 10.1. The van der Waals surface area contributed by atoms with Gasteiger partial charge in [-0.05, 0) is 70.8 Å². The topological polar surface area (TPSA) is 58.8 Å². The first kappa shape index (κ1) is 21.4. The first-order valence-electron chi connectivity index (χ1n) is 11.0. The summed E-state index contributed by atoms with van der Waals surface area (Å²) >= 11 is 0. The van der Waals surface area contributed by atoms with Crippen molar-refractivity contribution in [2.75, 3.05) is 20.1 Å². The summed E-state index contributed by atoms with van der Waals surface area (Å²) in [6, 6.07) is 0.832. The van der Waals surface area contributed by atoms with E-state index in [0.717, 1.165) is 51.6 Å². The van der Waals surface area contributed by atoms with Gasteiger partial charge >= 0.3 is 6.09 Å². The van der Waals surface area contributed by atoms with Gasteiger partial charge in [-0.3, -0.25) is 4.90 Å². The largest absolute Gasteiger partial charge is 0.444 e. The van der Waals surface area contributed by atoms with E-state index in [2.05, 4.69) is 30.1 Å². The molecule has 2 N–H and O–H groups in total. The number of ether oxygens (including phenoxy) is 1. The van der Waals surface area contributed by atoms with E-state index in [0.29, 0.717) is 12.0 Å². The van der Waals surface area contributed by atoms with Crippen molar-refractivity contribution in [2.24, 2.45) is 11.7 Å². The summed E-state index contributed by atoms with van der Waals surface area (Å²) in [7, 11) is 1.88. The van der Waals surface area contributed by atoms with Gasteiger partial charge in [-0.15, -0.1) is 0 Å². The van der Waals surface area contributed by atoms with Crippen LogP contribution in [0.15, 0.2) is 23.8 Å². The van der Waals surface area contributed by atoms with E-state index in [1.54, 1.807) is 4.90 Å². The molecule has 1 saturated heterocycles. The average Bonchev–Trinajstić information content (AvgIpc) is 3.40. The van der Waals surface area contributed by atoms with Gasteiger partial charge in [-0.25, -0.2) is 4.79 Å². The number of hydrogen-bond donors (Lipinski definition) is 1. The lowest BCUT2D eigenvalue weighted by molar-refractivity contribution is 0.0113. The minimum atomic E-state index is -0.443. The van der Waals surface area contributed by atoms with Crippen LogP contribution in [-0.2, 0) is 4.74 Å². The highest BCUT2D eigenvalue weighted by atomic mass is 16.6. The smallest absolute Gasteiger partial charge is 0.410 e. The lowest BCUT2D eigenvalue weighted by Crippen LogP contribution is -2.50. The second-order valence-electron chi connectivity index (χ2n) is 9.91. The van der Waals surface area contributed by atoms with Gasteiger partial charge in [0.15, 0.2) is 0 Å².